The summed E-state index contributed by atoms with van der Waals surface area (Å²) in [5.41, 5.74) is 0.911. The third-order valence-electron chi connectivity index (χ3n) is 4.69. The molecule has 0 amide bonds. The molecule has 0 bridgehead atoms. The number of esters is 1. The number of carbonyl (C=O) groups is 1. The lowest BCUT2D eigenvalue weighted by molar-refractivity contribution is 0.0438. The molecule has 1 aliphatic heterocycles. The van der Waals surface area contributed by atoms with Crippen LogP contribution in [0.15, 0.2) is 64.0 Å². The van der Waals surface area contributed by atoms with Crippen LogP contribution in [0.25, 0.3) is 11.3 Å². The summed E-state index contributed by atoms with van der Waals surface area (Å²) in [6.45, 7) is 0.863. The fraction of sp³-hybridized carbons (Fsp3) is 0.238. The van der Waals surface area contributed by atoms with E-state index < -0.39 is 16.0 Å². The molecule has 0 saturated carbocycles. The van der Waals surface area contributed by atoms with E-state index in [0.29, 0.717) is 19.0 Å². The lowest BCUT2D eigenvalue weighted by atomic mass is 10.2. The molecule has 1 aromatic heterocycles. The van der Waals surface area contributed by atoms with Crippen LogP contribution in [0.4, 0.5) is 0 Å². The summed E-state index contributed by atoms with van der Waals surface area (Å²) < 4.78 is 43.2. The van der Waals surface area contributed by atoms with Crippen molar-refractivity contribution in [2.24, 2.45) is 0 Å². The Morgan fingerprint density at radius 3 is 2.61 bits per heavy atom. The molecule has 4 rings (SSSR count). The highest BCUT2D eigenvalue weighted by molar-refractivity contribution is 7.89. The monoisotopic (exact) mass is 462 g/mol. The van der Waals surface area contributed by atoms with Crippen molar-refractivity contribution in [3.63, 3.8) is 0 Å². The van der Waals surface area contributed by atoms with Crippen molar-refractivity contribution >= 4 is 27.6 Å². The first kappa shape index (κ1) is 21.5. The summed E-state index contributed by atoms with van der Waals surface area (Å²) in [6.07, 6.45) is 1.55. The van der Waals surface area contributed by atoms with Gasteiger partial charge in [0.05, 0.1) is 30.0 Å². The van der Waals surface area contributed by atoms with Crippen molar-refractivity contribution in [1.82, 2.24) is 9.29 Å². The Bertz CT molecular complexity index is 1170. The molecule has 8 nitrogen and oxygen atoms in total. The summed E-state index contributed by atoms with van der Waals surface area (Å²) in [6, 6.07) is 13.4. The zero-order chi connectivity index (χ0) is 21.8. The van der Waals surface area contributed by atoms with Crippen LogP contribution in [0.3, 0.4) is 0 Å². The molecule has 10 heteroatoms. The van der Waals surface area contributed by atoms with Crippen LogP contribution in [-0.4, -0.2) is 50.0 Å². The summed E-state index contributed by atoms with van der Waals surface area (Å²) >= 11 is 6.12. The van der Waals surface area contributed by atoms with Gasteiger partial charge in [0, 0.05) is 18.7 Å². The molecule has 1 saturated heterocycles. The van der Waals surface area contributed by atoms with Crippen molar-refractivity contribution in [2.75, 3.05) is 26.3 Å². The van der Waals surface area contributed by atoms with Crippen LogP contribution < -0.4 is 0 Å². The summed E-state index contributed by atoms with van der Waals surface area (Å²) in [7, 11) is -3.86. The average Bonchev–Trinajstić information content (AvgIpc) is 3.28. The predicted octanol–water partition coefficient (Wildman–Crippen LogP) is 3.37. The highest BCUT2D eigenvalue weighted by atomic mass is 35.5. The van der Waals surface area contributed by atoms with E-state index in [9.17, 15) is 13.2 Å². The Morgan fingerprint density at radius 2 is 1.87 bits per heavy atom. The van der Waals surface area contributed by atoms with Gasteiger partial charge in [0.15, 0.2) is 12.4 Å². The van der Waals surface area contributed by atoms with Crippen LogP contribution >= 0.6 is 11.6 Å². The van der Waals surface area contributed by atoms with Gasteiger partial charge < -0.3 is 13.9 Å². The number of oxazole rings is 1. The lowest BCUT2D eigenvalue weighted by Crippen LogP contribution is -2.40. The van der Waals surface area contributed by atoms with E-state index in [2.05, 4.69) is 4.98 Å². The van der Waals surface area contributed by atoms with E-state index in [1.165, 1.54) is 22.5 Å². The first-order valence-electron chi connectivity index (χ1n) is 9.50. The number of halogens is 1. The standard InChI is InChI=1S/C21H19ClN2O6S/c22-17-7-6-16(12-19(17)31(26,27)24-8-10-28-11-9-24)21(25)29-14-20-23-13-18(30-20)15-4-2-1-3-5-15/h1-7,12-13H,8-11,14H2. The fourth-order valence-corrected chi connectivity index (χ4v) is 4.99. The molecule has 162 valence electrons. The minimum absolute atomic E-state index is 0.0308. The van der Waals surface area contributed by atoms with Gasteiger partial charge in [-0.3, -0.25) is 0 Å². The maximum atomic E-state index is 12.9. The van der Waals surface area contributed by atoms with E-state index in [1.807, 2.05) is 30.3 Å². The number of morpholine rings is 1. The van der Waals surface area contributed by atoms with Crippen LogP contribution in [0, 0.1) is 0 Å². The first-order chi connectivity index (χ1) is 14.9. The van der Waals surface area contributed by atoms with Gasteiger partial charge in [0.2, 0.25) is 15.9 Å². The SMILES string of the molecule is O=C(OCc1ncc(-c2ccccc2)o1)c1ccc(Cl)c(S(=O)(=O)N2CCOCC2)c1. The Balaban J connectivity index is 1.47. The largest absolute Gasteiger partial charge is 0.452 e. The Morgan fingerprint density at radius 1 is 1.13 bits per heavy atom. The predicted molar refractivity (Wildman–Crippen MR) is 112 cm³/mol. The lowest BCUT2D eigenvalue weighted by Gasteiger charge is -2.26. The van der Waals surface area contributed by atoms with Gasteiger partial charge in [0.25, 0.3) is 0 Å². The third kappa shape index (κ3) is 4.80. The van der Waals surface area contributed by atoms with Crippen molar-refractivity contribution in [1.29, 1.82) is 0 Å². The zero-order valence-corrected chi connectivity index (χ0v) is 17.9. The number of carbonyl (C=O) groups excluding carboxylic acids is 1. The van der Waals surface area contributed by atoms with Gasteiger partial charge in [0.1, 0.15) is 4.90 Å². The number of aromatic nitrogens is 1. The molecule has 0 radical (unpaired) electrons. The fourth-order valence-electron chi connectivity index (χ4n) is 3.08. The molecule has 0 N–H and O–H groups in total. The number of hydrogen-bond donors (Lipinski definition) is 0. The number of benzene rings is 2. The van der Waals surface area contributed by atoms with Crippen molar-refractivity contribution < 1.29 is 27.1 Å². The van der Waals surface area contributed by atoms with Gasteiger partial charge in [-0.1, -0.05) is 41.9 Å². The molecule has 1 fully saturated rings. The van der Waals surface area contributed by atoms with E-state index >= 15 is 0 Å². The van der Waals surface area contributed by atoms with Gasteiger partial charge in [-0.05, 0) is 18.2 Å². The minimum Gasteiger partial charge on any atom is -0.452 e. The number of hydrogen-bond acceptors (Lipinski definition) is 7. The number of rotatable bonds is 6. The van der Waals surface area contributed by atoms with Crippen LogP contribution in [0.5, 0.6) is 0 Å². The first-order valence-corrected chi connectivity index (χ1v) is 11.3. The number of sulfonamides is 1. The summed E-state index contributed by atoms with van der Waals surface area (Å²) in [5, 5.41) is 0.0308. The van der Waals surface area contributed by atoms with E-state index in [1.54, 1.807) is 6.20 Å². The molecule has 0 aliphatic carbocycles. The molecule has 2 heterocycles. The number of ether oxygens (including phenoxy) is 2. The molecule has 31 heavy (non-hydrogen) atoms. The van der Waals surface area contributed by atoms with Gasteiger partial charge in [-0.25, -0.2) is 18.2 Å². The second kappa shape index (κ2) is 9.19. The zero-order valence-electron chi connectivity index (χ0n) is 16.4. The third-order valence-corrected chi connectivity index (χ3v) is 7.07. The van der Waals surface area contributed by atoms with Crippen molar-refractivity contribution in [3.8, 4) is 11.3 Å². The van der Waals surface area contributed by atoms with Gasteiger partial charge >= 0.3 is 5.97 Å². The minimum atomic E-state index is -3.86. The summed E-state index contributed by atoms with van der Waals surface area (Å²) in [4.78, 5) is 16.5. The molecular formula is C21H19ClN2O6S. The summed E-state index contributed by atoms with van der Waals surface area (Å²) in [5.74, 6) is 0.0638. The Kier molecular flexibility index (Phi) is 6.38. The smallest absolute Gasteiger partial charge is 0.338 e. The van der Waals surface area contributed by atoms with E-state index in [0.717, 1.165) is 5.56 Å². The van der Waals surface area contributed by atoms with Crippen LogP contribution in [-0.2, 0) is 26.1 Å². The molecular weight excluding hydrogens is 444 g/mol. The normalized spacial score (nSPS) is 15.0. The number of nitrogens with zero attached hydrogens (tertiary/aromatic N) is 2. The van der Waals surface area contributed by atoms with Gasteiger partial charge in [-0.2, -0.15) is 4.31 Å². The molecule has 0 spiro atoms. The second-order valence-electron chi connectivity index (χ2n) is 6.72. The molecule has 0 unspecified atom stereocenters. The van der Waals surface area contributed by atoms with Crippen LogP contribution in [0.2, 0.25) is 5.02 Å². The highest BCUT2D eigenvalue weighted by Gasteiger charge is 2.29. The van der Waals surface area contributed by atoms with Crippen molar-refractivity contribution in [3.05, 3.63) is 71.2 Å². The van der Waals surface area contributed by atoms with E-state index in [-0.39, 0.29) is 41.1 Å². The average molecular weight is 463 g/mol. The molecule has 0 atom stereocenters. The topological polar surface area (TPSA) is 98.9 Å². The highest BCUT2D eigenvalue weighted by Crippen LogP contribution is 2.27. The molecule has 2 aromatic carbocycles. The second-order valence-corrected chi connectivity index (χ2v) is 9.04. The van der Waals surface area contributed by atoms with Crippen molar-refractivity contribution in [2.45, 2.75) is 11.5 Å². The quantitative estimate of drug-likeness (QED) is 0.518. The maximum absolute atomic E-state index is 12.9. The maximum Gasteiger partial charge on any atom is 0.338 e. The van der Waals surface area contributed by atoms with Crippen LogP contribution in [0.1, 0.15) is 16.2 Å². The van der Waals surface area contributed by atoms with Gasteiger partial charge in [-0.15, -0.1) is 0 Å². The van der Waals surface area contributed by atoms with E-state index in [4.69, 9.17) is 25.5 Å². The Hall–Kier alpha value is -2.72. The molecule has 3 aromatic rings. The Labute approximate surface area is 184 Å². The molecule has 1 aliphatic rings.